The molecule has 2 fully saturated rings. The third-order valence-corrected chi connectivity index (χ3v) is 7.20. The van der Waals surface area contributed by atoms with Crippen LogP contribution in [-0.4, -0.2) is 62.0 Å². The Morgan fingerprint density at radius 3 is 2.56 bits per heavy atom. The Balaban J connectivity index is 1.26. The number of hydrogen-bond acceptors (Lipinski definition) is 6. The molecule has 3 aromatic rings. The zero-order valence-electron chi connectivity index (χ0n) is 20.3. The molecule has 182 valence electrons. The van der Waals surface area contributed by atoms with E-state index in [1.165, 1.54) is 0 Å². The lowest BCUT2D eigenvalue weighted by Gasteiger charge is -2.33. The quantitative estimate of drug-likeness (QED) is 0.515. The molecule has 34 heavy (non-hydrogen) atoms. The fourth-order valence-electron chi connectivity index (χ4n) is 5.39. The number of carbonyl (C=O) groups is 1. The van der Waals surface area contributed by atoms with Gasteiger partial charge in [0, 0.05) is 48.7 Å². The highest BCUT2D eigenvalue weighted by molar-refractivity contribution is 5.96. The molecule has 0 unspecified atom stereocenters. The monoisotopic (exact) mass is 465 g/mol. The van der Waals surface area contributed by atoms with Gasteiger partial charge in [-0.15, -0.1) is 0 Å². The third kappa shape index (κ3) is 4.72. The molecule has 1 amide bonds. The minimum atomic E-state index is -0.0920. The van der Waals surface area contributed by atoms with Crippen molar-refractivity contribution in [3.8, 4) is 11.3 Å². The van der Waals surface area contributed by atoms with Crippen molar-refractivity contribution in [2.75, 3.05) is 13.2 Å². The lowest BCUT2D eigenvalue weighted by atomic mass is 9.89. The molecule has 9 nitrogen and oxygen atoms in total. The number of nitrogens with zero attached hydrogens (tertiary/aromatic N) is 4. The van der Waals surface area contributed by atoms with Gasteiger partial charge in [0.2, 0.25) is 0 Å². The highest BCUT2D eigenvalue weighted by Gasteiger charge is 2.28. The minimum absolute atomic E-state index is 0.0920. The van der Waals surface area contributed by atoms with E-state index in [1.54, 1.807) is 10.8 Å². The molecular weight excluding hydrogens is 430 g/mol. The minimum Gasteiger partial charge on any atom is -0.381 e. The van der Waals surface area contributed by atoms with Crippen LogP contribution in [0.2, 0.25) is 0 Å². The smallest absolute Gasteiger partial charge is 0.272 e. The molecule has 0 atom stereocenters. The molecule has 3 aromatic heterocycles. The van der Waals surface area contributed by atoms with Crippen LogP contribution in [0.15, 0.2) is 18.6 Å². The van der Waals surface area contributed by atoms with Crippen LogP contribution in [0.5, 0.6) is 0 Å². The van der Waals surface area contributed by atoms with Crippen molar-refractivity contribution in [3.63, 3.8) is 0 Å². The van der Waals surface area contributed by atoms with Crippen LogP contribution in [0.1, 0.15) is 79.9 Å². The van der Waals surface area contributed by atoms with Gasteiger partial charge in [-0.25, -0.2) is 9.50 Å². The zero-order valence-corrected chi connectivity index (χ0v) is 20.3. The molecule has 2 aliphatic rings. The Morgan fingerprint density at radius 1 is 1.12 bits per heavy atom. The van der Waals surface area contributed by atoms with Gasteiger partial charge in [-0.2, -0.15) is 10.2 Å². The van der Waals surface area contributed by atoms with E-state index in [0.29, 0.717) is 17.8 Å². The molecule has 1 saturated heterocycles. The second-order valence-electron chi connectivity index (χ2n) is 10.0. The number of hydrogen-bond donors (Lipinski definition) is 3. The maximum atomic E-state index is 13.3. The van der Waals surface area contributed by atoms with Gasteiger partial charge in [-0.1, -0.05) is 13.8 Å². The summed E-state index contributed by atoms with van der Waals surface area (Å²) in [6.07, 6.45) is 9.83. The van der Waals surface area contributed by atoms with Crippen LogP contribution in [0.4, 0.5) is 0 Å². The van der Waals surface area contributed by atoms with E-state index in [2.05, 4.69) is 50.8 Å². The predicted molar refractivity (Wildman–Crippen MR) is 130 cm³/mol. The summed E-state index contributed by atoms with van der Waals surface area (Å²) in [5.74, 6) is 0.0475. The van der Waals surface area contributed by atoms with E-state index in [-0.39, 0.29) is 17.9 Å². The number of fused-ring (bicyclic) bond motifs is 1. The fraction of sp³-hybridized carbons (Fsp3) is 0.600. The summed E-state index contributed by atoms with van der Waals surface area (Å²) in [7, 11) is 0. The first-order valence-electron chi connectivity index (χ1n) is 12.5. The normalized spacial score (nSPS) is 21.9. The maximum Gasteiger partial charge on any atom is 0.272 e. The van der Waals surface area contributed by atoms with Crippen molar-refractivity contribution in [2.45, 2.75) is 83.3 Å². The first-order chi connectivity index (χ1) is 16.5. The van der Waals surface area contributed by atoms with Gasteiger partial charge in [-0.05, 0) is 63.0 Å². The molecule has 1 aliphatic heterocycles. The van der Waals surface area contributed by atoms with Gasteiger partial charge in [0.25, 0.3) is 5.91 Å². The van der Waals surface area contributed by atoms with Crippen molar-refractivity contribution < 1.29 is 9.53 Å². The largest absolute Gasteiger partial charge is 0.381 e. The number of aromatic nitrogens is 5. The summed E-state index contributed by atoms with van der Waals surface area (Å²) in [5, 5.41) is 18.9. The van der Waals surface area contributed by atoms with E-state index >= 15 is 0 Å². The van der Waals surface area contributed by atoms with Crippen molar-refractivity contribution in [2.24, 2.45) is 0 Å². The molecule has 4 heterocycles. The summed E-state index contributed by atoms with van der Waals surface area (Å²) < 4.78 is 7.23. The van der Waals surface area contributed by atoms with Crippen LogP contribution in [0, 0.1) is 6.92 Å². The second kappa shape index (κ2) is 9.84. The lowest BCUT2D eigenvalue weighted by molar-refractivity contribution is 0.0721. The Kier molecular flexibility index (Phi) is 6.65. The molecular formula is C25H35N7O2. The lowest BCUT2D eigenvalue weighted by Crippen LogP contribution is -2.46. The summed E-state index contributed by atoms with van der Waals surface area (Å²) in [6, 6.07) is 3.36. The van der Waals surface area contributed by atoms with E-state index in [0.717, 1.165) is 79.8 Å². The number of aromatic amines is 1. The van der Waals surface area contributed by atoms with Gasteiger partial charge in [-0.3, -0.25) is 9.89 Å². The molecule has 1 saturated carbocycles. The molecule has 0 spiro atoms. The van der Waals surface area contributed by atoms with E-state index in [1.807, 2.05) is 13.1 Å². The van der Waals surface area contributed by atoms with Gasteiger partial charge in [0.05, 0.1) is 5.69 Å². The second-order valence-corrected chi connectivity index (χ2v) is 10.0. The first-order valence-corrected chi connectivity index (χ1v) is 12.5. The summed E-state index contributed by atoms with van der Waals surface area (Å²) in [4.78, 5) is 17.6. The van der Waals surface area contributed by atoms with Crippen molar-refractivity contribution in [3.05, 3.63) is 35.4 Å². The van der Waals surface area contributed by atoms with Gasteiger partial charge in [0.1, 0.15) is 6.33 Å². The van der Waals surface area contributed by atoms with E-state index in [9.17, 15) is 4.79 Å². The van der Waals surface area contributed by atoms with E-state index < -0.39 is 0 Å². The predicted octanol–water partition coefficient (Wildman–Crippen LogP) is 3.36. The number of nitrogens with one attached hydrogen (secondary N) is 3. The molecule has 0 aromatic carbocycles. The standard InChI is InChI=1S/C25H35N7O2/c1-15(2)21-22(17-12-16(3)24-26-14-27-32(24)13-17)30-31-23(21)25(33)29-19-6-4-18(5-7-19)28-20-8-10-34-11-9-20/h12-15,18-20,28H,4-11H2,1-3H3,(H,29,33)(H,30,31)/t18-,19+. The van der Waals surface area contributed by atoms with Crippen LogP contribution in [0.3, 0.4) is 0 Å². The number of ether oxygens (including phenoxy) is 1. The van der Waals surface area contributed by atoms with Crippen molar-refractivity contribution in [1.82, 2.24) is 35.4 Å². The number of amides is 1. The topological polar surface area (TPSA) is 109 Å². The van der Waals surface area contributed by atoms with Crippen LogP contribution >= 0.6 is 0 Å². The Labute approximate surface area is 200 Å². The van der Waals surface area contributed by atoms with Crippen LogP contribution in [0.25, 0.3) is 16.9 Å². The molecule has 0 radical (unpaired) electrons. The number of aryl methyl sites for hydroxylation is 1. The Hall–Kier alpha value is -2.78. The molecule has 0 bridgehead atoms. The average molecular weight is 466 g/mol. The third-order valence-electron chi connectivity index (χ3n) is 7.20. The number of carbonyl (C=O) groups excluding carboxylic acids is 1. The summed E-state index contributed by atoms with van der Waals surface area (Å²) in [5.41, 5.74) is 5.09. The molecule has 1 aliphatic carbocycles. The maximum absolute atomic E-state index is 13.3. The Bertz CT molecular complexity index is 1140. The molecule has 9 heteroatoms. The van der Waals surface area contributed by atoms with Gasteiger partial charge >= 0.3 is 0 Å². The number of H-pyrrole nitrogens is 1. The van der Waals surface area contributed by atoms with Gasteiger partial charge < -0.3 is 15.4 Å². The van der Waals surface area contributed by atoms with Crippen molar-refractivity contribution in [1.29, 1.82) is 0 Å². The first kappa shape index (κ1) is 23.0. The molecule has 5 rings (SSSR count). The van der Waals surface area contributed by atoms with Crippen LogP contribution < -0.4 is 10.6 Å². The van der Waals surface area contributed by atoms with Gasteiger partial charge in [0.15, 0.2) is 11.3 Å². The highest BCUT2D eigenvalue weighted by Crippen LogP contribution is 2.31. The highest BCUT2D eigenvalue weighted by atomic mass is 16.5. The van der Waals surface area contributed by atoms with Crippen molar-refractivity contribution >= 4 is 11.6 Å². The SMILES string of the molecule is Cc1cc(-c2[nH]nc(C(=O)N[C@H]3CC[C@@H](NC4CCOCC4)CC3)c2C(C)C)cn2ncnc12. The summed E-state index contributed by atoms with van der Waals surface area (Å²) in [6.45, 7) is 7.93. The molecule has 3 N–H and O–H groups in total. The average Bonchev–Trinajstić information content (AvgIpc) is 3.49. The van der Waals surface area contributed by atoms with E-state index in [4.69, 9.17) is 4.74 Å². The fourth-order valence-corrected chi connectivity index (χ4v) is 5.39. The summed E-state index contributed by atoms with van der Waals surface area (Å²) >= 11 is 0. The zero-order chi connectivity index (χ0) is 23.7. The number of rotatable bonds is 6. The van der Waals surface area contributed by atoms with Crippen LogP contribution in [-0.2, 0) is 4.74 Å². The number of pyridine rings is 1. The Morgan fingerprint density at radius 2 is 1.82 bits per heavy atom.